The summed E-state index contributed by atoms with van der Waals surface area (Å²) in [4.78, 5) is 14.5. The number of nitrogens with one attached hydrogen (secondary N) is 2. The largest absolute Gasteiger partial charge is 0.348 e. The Labute approximate surface area is 167 Å². The first-order valence-corrected chi connectivity index (χ1v) is 10.4. The molecule has 0 aliphatic carbocycles. The van der Waals surface area contributed by atoms with E-state index in [2.05, 4.69) is 15.5 Å². The molecule has 0 spiro atoms. The lowest BCUT2D eigenvalue weighted by Crippen LogP contribution is -2.45. The molecule has 0 saturated carbocycles. The lowest BCUT2D eigenvalue weighted by atomic mass is 10.1. The first kappa shape index (κ1) is 23.2. The highest BCUT2D eigenvalue weighted by molar-refractivity contribution is 7.91. The molecule has 2 heterocycles. The summed E-state index contributed by atoms with van der Waals surface area (Å²) in [6.07, 6.45) is 2.10. The molecule has 2 aliphatic heterocycles. The van der Waals surface area contributed by atoms with Crippen molar-refractivity contribution in [2.75, 3.05) is 37.7 Å². The molecular weight excluding hydrogens is 397 g/mol. The number of carbonyl (C=O) groups is 1. The molecule has 26 heavy (non-hydrogen) atoms. The number of sulfone groups is 1. The Morgan fingerprint density at radius 2 is 1.96 bits per heavy atom. The minimum Gasteiger partial charge on any atom is -0.348 e. The standard InChI is InChI=1S/C17H25N3O3S.2ClH/c21-17(19-16-5-2-6-18-12-16)15-4-1-3-14(11-15)13-20-7-9-24(22,23)10-8-20;;/h1,3-4,11,16,18H,2,5-10,12-13H2,(H,19,21);2*1H. The number of carbonyl (C=O) groups excluding carboxylic acids is 1. The molecule has 1 amide bonds. The van der Waals surface area contributed by atoms with Crippen molar-refractivity contribution >= 4 is 40.6 Å². The molecule has 1 aromatic carbocycles. The molecule has 148 valence electrons. The summed E-state index contributed by atoms with van der Waals surface area (Å²) < 4.78 is 23.0. The van der Waals surface area contributed by atoms with Gasteiger partial charge >= 0.3 is 0 Å². The van der Waals surface area contributed by atoms with Crippen LogP contribution in [0.15, 0.2) is 24.3 Å². The molecular formula is C17H27Cl2N3O3S. The van der Waals surface area contributed by atoms with Gasteiger partial charge in [0.1, 0.15) is 0 Å². The molecule has 3 rings (SSSR count). The second-order valence-electron chi connectivity index (χ2n) is 6.65. The van der Waals surface area contributed by atoms with Gasteiger partial charge in [-0.05, 0) is 37.1 Å². The van der Waals surface area contributed by atoms with E-state index in [9.17, 15) is 13.2 Å². The van der Waals surface area contributed by atoms with Gasteiger partial charge in [-0.2, -0.15) is 0 Å². The zero-order valence-corrected chi connectivity index (χ0v) is 17.1. The average Bonchev–Trinajstić information content (AvgIpc) is 2.58. The van der Waals surface area contributed by atoms with Gasteiger partial charge in [-0.25, -0.2) is 8.42 Å². The predicted octanol–water partition coefficient (Wildman–Crippen LogP) is 1.24. The Balaban J connectivity index is 0.00000169. The van der Waals surface area contributed by atoms with Crippen molar-refractivity contribution < 1.29 is 13.2 Å². The van der Waals surface area contributed by atoms with Crippen LogP contribution in [0.2, 0.25) is 0 Å². The number of hydrogen-bond acceptors (Lipinski definition) is 5. The summed E-state index contributed by atoms with van der Waals surface area (Å²) in [5.41, 5.74) is 1.71. The number of halogens is 2. The number of amides is 1. The van der Waals surface area contributed by atoms with Gasteiger partial charge < -0.3 is 10.6 Å². The van der Waals surface area contributed by atoms with Crippen LogP contribution in [0.5, 0.6) is 0 Å². The number of piperidine rings is 1. The second kappa shape index (κ2) is 10.5. The molecule has 2 N–H and O–H groups in total. The summed E-state index contributed by atoms with van der Waals surface area (Å²) in [6.45, 7) is 3.65. The normalized spacial score (nSPS) is 22.5. The van der Waals surface area contributed by atoms with E-state index in [0.717, 1.165) is 31.5 Å². The zero-order valence-electron chi connectivity index (χ0n) is 14.6. The van der Waals surface area contributed by atoms with Gasteiger partial charge in [0.15, 0.2) is 9.84 Å². The van der Waals surface area contributed by atoms with Crippen LogP contribution in [0.25, 0.3) is 0 Å². The van der Waals surface area contributed by atoms with Crippen LogP contribution in [-0.2, 0) is 16.4 Å². The van der Waals surface area contributed by atoms with Crippen molar-refractivity contribution in [3.05, 3.63) is 35.4 Å². The van der Waals surface area contributed by atoms with Gasteiger partial charge in [0.2, 0.25) is 0 Å². The average molecular weight is 424 g/mol. The minimum absolute atomic E-state index is 0. The molecule has 2 aliphatic rings. The van der Waals surface area contributed by atoms with Crippen LogP contribution in [0.3, 0.4) is 0 Å². The van der Waals surface area contributed by atoms with Crippen molar-refractivity contribution in [2.45, 2.75) is 25.4 Å². The third-order valence-electron chi connectivity index (χ3n) is 4.66. The van der Waals surface area contributed by atoms with Gasteiger partial charge in [0, 0.05) is 37.8 Å². The molecule has 9 heteroatoms. The minimum atomic E-state index is -2.86. The van der Waals surface area contributed by atoms with E-state index in [1.165, 1.54) is 0 Å². The van der Waals surface area contributed by atoms with Gasteiger partial charge in [-0.3, -0.25) is 9.69 Å². The predicted molar refractivity (Wildman–Crippen MR) is 108 cm³/mol. The number of benzene rings is 1. The molecule has 1 unspecified atom stereocenters. The molecule has 6 nitrogen and oxygen atoms in total. The van der Waals surface area contributed by atoms with E-state index in [-0.39, 0.29) is 48.3 Å². The molecule has 0 bridgehead atoms. The summed E-state index contributed by atoms with van der Waals surface area (Å²) in [7, 11) is -2.86. The fourth-order valence-corrected chi connectivity index (χ4v) is 4.50. The van der Waals surface area contributed by atoms with Crippen LogP contribution in [0, 0.1) is 0 Å². The Kier molecular flexibility index (Phi) is 9.33. The maximum Gasteiger partial charge on any atom is 0.251 e. The van der Waals surface area contributed by atoms with Gasteiger partial charge in [0.25, 0.3) is 5.91 Å². The smallest absolute Gasteiger partial charge is 0.251 e. The Hall–Kier alpha value is -0.860. The third kappa shape index (κ3) is 6.70. The zero-order chi connectivity index (χ0) is 17.0. The SMILES string of the molecule is Cl.Cl.O=C(NC1CCCNC1)c1cccc(CN2CCS(=O)(=O)CC2)c1. The summed E-state index contributed by atoms with van der Waals surface area (Å²) in [6, 6.07) is 7.82. The highest BCUT2D eigenvalue weighted by Gasteiger charge is 2.22. The van der Waals surface area contributed by atoms with Crippen molar-refractivity contribution in [3.63, 3.8) is 0 Å². The van der Waals surface area contributed by atoms with Crippen LogP contribution in [-0.4, -0.2) is 63.0 Å². The van der Waals surface area contributed by atoms with Gasteiger partial charge in [-0.1, -0.05) is 12.1 Å². The Morgan fingerprint density at radius 3 is 2.62 bits per heavy atom. The van der Waals surface area contributed by atoms with Crippen LogP contribution < -0.4 is 10.6 Å². The monoisotopic (exact) mass is 423 g/mol. The molecule has 0 radical (unpaired) electrons. The Morgan fingerprint density at radius 1 is 1.23 bits per heavy atom. The van der Waals surface area contributed by atoms with Gasteiger partial charge in [0.05, 0.1) is 11.5 Å². The van der Waals surface area contributed by atoms with E-state index >= 15 is 0 Å². The van der Waals surface area contributed by atoms with E-state index < -0.39 is 9.84 Å². The van der Waals surface area contributed by atoms with Gasteiger partial charge in [-0.15, -0.1) is 24.8 Å². The van der Waals surface area contributed by atoms with Crippen molar-refractivity contribution in [1.82, 2.24) is 15.5 Å². The maximum absolute atomic E-state index is 12.4. The Bertz CT molecular complexity index is 680. The van der Waals surface area contributed by atoms with Crippen molar-refractivity contribution in [2.24, 2.45) is 0 Å². The van der Waals surface area contributed by atoms with Crippen molar-refractivity contribution in [1.29, 1.82) is 0 Å². The fourth-order valence-electron chi connectivity index (χ4n) is 3.22. The van der Waals surface area contributed by atoms with Crippen LogP contribution in [0.1, 0.15) is 28.8 Å². The van der Waals surface area contributed by atoms with E-state index in [4.69, 9.17) is 0 Å². The summed E-state index contributed by atoms with van der Waals surface area (Å²) in [5.74, 6) is 0.413. The second-order valence-corrected chi connectivity index (χ2v) is 8.95. The fraction of sp³-hybridized carbons (Fsp3) is 0.588. The third-order valence-corrected chi connectivity index (χ3v) is 6.27. The maximum atomic E-state index is 12.4. The number of hydrogen-bond donors (Lipinski definition) is 2. The molecule has 1 atom stereocenters. The lowest BCUT2D eigenvalue weighted by molar-refractivity contribution is 0.0930. The number of rotatable bonds is 4. The number of nitrogens with zero attached hydrogens (tertiary/aromatic N) is 1. The van der Waals surface area contributed by atoms with Crippen LogP contribution in [0.4, 0.5) is 0 Å². The lowest BCUT2D eigenvalue weighted by Gasteiger charge is -2.26. The van der Waals surface area contributed by atoms with E-state index in [0.29, 0.717) is 25.2 Å². The first-order chi connectivity index (χ1) is 11.5. The van der Waals surface area contributed by atoms with E-state index in [1.807, 2.05) is 24.3 Å². The topological polar surface area (TPSA) is 78.5 Å². The van der Waals surface area contributed by atoms with E-state index in [1.54, 1.807) is 0 Å². The highest BCUT2D eigenvalue weighted by atomic mass is 35.5. The quantitative estimate of drug-likeness (QED) is 0.761. The molecule has 2 saturated heterocycles. The highest BCUT2D eigenvalue weighted by Crippen LogP contribution is 2.12. The molecule has 2 fully saturated rings. The summed E-state index contributed by atoms with van der Waals surface area (Å²) >= 11 is 0. The molecule has 1 aromatic rings. The van der Waals surface area contributed by atoms with Crippen molar-refractivity contribution in [3.8, 4) is 0 Å². The first-order valence-electron chi connectivity index (χ1n) is 8.55. The molecule has 0 aromatic heterocycles. The van der Waals surface area contributed by atoms with Crippen LogP contribution >= 0.6 is 24.8 Å². The summed E-state index contributed by atoms with van der Waals surface area (Å²) in [5, 5.41) is 6.38.